The Labute approximate surface area is 230 Å². The van der Waals surface area contributed by atoms with Crippen LogP contribution in [0.15, 0.2) is 30.3 Å². The molecule has 3 aliphatic rings. The maximum absolute atomic E-state index is 13.2. The number of fused-ring (bicyclic) bond motifs is 1. The van der Waals surface area contributed by atoms with Gasteiger partial charge in [0.2, 0.25) is 11.8 Å². The number of hydrogen-bond donors (Lipinski definition) is 4. The Bertz CT molecular complexity index is 1110. The number of nitrogens with one attached hydrogen (secondary N) is 1. The molecule has 1 saturated carbocycles. The first-order chi connectivity index (χ1) is 17.4. The van der Waals surface area contributed by atoms with Crippen LogP contribution in [0.1, 0.15) is 51.1 Å². The van der Waals surface area contributed by atoms with Gasteiger partial charge in [0.15, 0.2) is 0 Å². The Morgan fingerprint density at radius 2 is 1.76 bits per heavy atom. The molecule has 5 N–H and O–H groups in total. The van der Waals surface area contributed by atoms with Crippen molar-refractivity contribution in [3.8, 4) is 0 Å². The number of nitrogens with zero attached hydrogens (tertiary/aromatic N) is 1. The number of benzene rings is 1. The van der Waals surface area contributed by atoms with E-state index in [-0.39, 0.29) is 38.1 Å². The predicted octanol–water partition coefficient (Wildman–Crippen LogP) is 1.54. The molecule has 11 nitrogen and oxygen atoms in total. The molecular weight excluding hydrogens is 538 g/mol. The van der Waals surface area contributed by atoms with Gasteiger partial charge in [-0.15, -0.1) is 24.2 Å². The maximum atomic E-state index is 13.2. The van der Waals surface area contributed by atoms with Crippen LogP contribution in [0.3, 0.4) is 0 Å². The number of carbonyl (C=O) groups is 5. The van der Waals surface area contributed by atoms with Gasteiger partial charge in [0.25, 0.3) is 0 Å². The number of carboxylic acids is 2. The number of β-lactam (4-membered cyclic amide) rings is 1. The van der Waals surface area contributed by atoms with Crippen LogP contribution in [-0.4, -0.2) is 73.6 Å². The monoisotopic (exact) mass is 569 g/mol. The number of hydrogen-bond acceptors (Lipinski definition) is 8. The first kappa shape index (κ1) is 29.7. The second-order valence-corrected chi connectivity index (χ2v) is 12.2. The molecular formula is C25H32ClN3O8S. The Morgan fingerprint density at radius 1 is 1.16 bits per heavy atom. The van der Waals surface area contributed by atoms with Gasteiger partial charge < -0.3 is 30.9 Å². The van der Waals surface area contributed by atoms with Crippen molar-refractivity contribution in [2.45, 2.75) is 67.8 Å². The smallest absolute Gasteiger partial charge is 0.330 e. The number of esters is 1. The molecule has 13 heteroatoms. The molecule has 2 amide bonds. The van der Waals surface area contributed by atoms with E-state index < -0.39 is 75.9 Å². The SMILES string of the molecule is CC1(C)S[C@@H]2[C@H](NC(=O)C(N)c3ccccc3)C(=O)N2[C@H]1C(=O)OCC1(C(=O)O)CCC(C(=O)O)CC1.Cl. The number of nitrogens with two attached hydrogens (primary N) is 1. The number of amides is 2. The fraction of sp³-hybridized carbons (Fsp3) is 0.560. The molecule has 208 valence electrons. The standard InChI is InChI=1S/C25H31N3O8S.ClH/c1-24(2)17(22(33)36-12-25(23(34)35)10-8-14(9-11-25)21(31)32)28-19(30)16(20(28)37-24)27-18(29)15(26)13-6-4-3-5-7-13;/h3-7,14-17,20H,8-12,26H2,1-2H3,(H,27,29)(H,31,32)(H,34,35);1H/t14?,15?,16-,17+,20-,25?;/m1./s1. The van der Waals surface area contributed by atoms with E-state index in [1.807, 2.05) is 0 Å². The molecule has 1 aromatic rings. The summed E-state index contributed by atoms with van der Waals surface area (Å²) < 4.78 is 4.74. The van der Waals surface area contributed by atoms with Crippen LogP contribution in [-0.2, 0) is 28.7 Å². The Kier molecular flexibility index (Phi) is 8.69. The Morgan fingerprint density at radius 3 is 2.32 bits per heavy atom. The summed E-state index contributed by atoms with van der Waals surface area (Å²) in [7, 11) is 0. The van der Waals surface area contributed by atoms with Gasteiger partial charge in [-0.05, 0) is 45.1 Å². The normalized spacial score (nSPS) is 30.2. The third-order valence-corrected chi connectivity index (χ3v) is 9.21. The molecule has 1 unspecified atom stereocenters. The molecule has 2 saturated heterocycles. The topological polar surface area (TPSA) is 176 Å². The largest absolute Gasteiger partial charge is 0.481 e. The van der Waals surface area contributed by atoms with Crippen molar-refractivity contribution < 1.29 is 38.9 Å². The first-order valence-corrected chi connectivity index (χ1v) is 13.0. The highest BCUT2D eigenvalue weighted by molar-refractivity contribution is 8.01. The summed E-state index contributed by atoms with van der Waals surface area (Å²) in [5, 5.41) is 21.2. The number of ether oxygens (including phenoxy) is 1. The van der Waals surface area contributed by atoms with Gasteiger partial charge >= 0.3 is 17.9 Å². The van der Waals surface area contributed by atoms with E-state index in [9.17, 15) is 34.2 Å². The van der Waals surface area contributed by atoms with Crippen molar-refractivity contribution in [1.82, 2.24) is 10.2 Å². The molecule has 3 fully saturated rings. The lowest BCUT2D eigenvalue weighted by Gasteiger charge is -2.44. The van der Waals surface area contributed by atoms with E-state index in [1.54, 1.807) is 44.2 Å². The molecule has 2 aliphatic heterocycles. The highest BCUT2D eigenvalue weighted by Gasteiger charge is 2.64. The van der Waals surface area contributed by atoms with Crippen LogP contribution < -0.4 is 11.1 Å². The molecule has 4 atom stereocenters. The highest BCUT2D eigenvalue weighted by atomic mass is 35.5. The van der Waals surface area contributed by atoms with Gasteiger partial charge in [0, 0.05) is 4.75 Å². The fourth-order valence-corrected chi connectivity index (χ4v) is 6.93. The van der Waals surface area contributed by atoms with Gasteiger partial charge in [-0.1, -0.05) is 30.3 Å². The molecule has 1 aromatic carbocycles. The summed E-state index contributed by atoms with van der Waals surface area (Å²) in [6.07, 6.45) is 0.527. The molecule has 38 heavy (non-hydrogen) atoms. The summed E-state index contributed by atoms with van der Waals surface area (Å²) in [4.78, 5) is 63.6. The van der Waals surface area contributed by atoms with E-state index in [1.165, 1.54) is 16.7 Å². The summed E-state index contributed by atoms with van der Waals surface area (Å²) in [6, 6.07) is 6.00. The molecule has 2 heterocycles. The Hall–Kier alpha value is -2.83. The average molecular weight is 570 g/mol. The van der Waals surface area contributed by atoms with Crippen LogP contribution in [0.4, 0.5) is 0 Å². The van der Waals surface area contributed by atoms with Crippen molar-refractivity contribution in [2.24, 2.45) is 17.1 Å². The number of rotatable bonds is 8. The van der Waals surface area contributed by atoms with Gasteiger partial charge in [-0.3, -0.25) is 19.2 Å². The van der Waals surface area contributed by atoms with Gasteiger partial charge in [-0.2, -0.15) is 0 Å². The van der Waals surface area contributed by atoms with E-state index in [0.29, 0.717) is 5.56 Å². The zero-order valence-corrected chi connectivity index (χ0v) is 22.6. The third kappa shape index (κ3) is 5.34. The zero-order valence-electron chi connectivity index (χ0n) is 21.0. The third-order valence-electron chi connectivity index (χ3n) is 7.64. The van der Waals surface area contributed by atoms with Gasteiger partial charge in [-0.25, -0.2) is 4.79 Å². The van der Waals surface area contributed by atoms with Gasteiger partial charge in [0.05, 0.1) is 5.92 Å². The molecule has 0 aromatic heterocycles. The number of aliphatic carboxylic acids is 2. The van der Waals surface area contributed by atoms with Gasteiger partial charge in [0.1, 0.15) is 35.5 Å². The molecule has 1 aliphatic carbocycles. The van der Waals surface area contributed by atoms with Crippen LogP contribution in [0, 0.1) is 11.3 Å². The van der Waals surface area contributed by atoms with Crippen molar-refractivity contribution in [3.05, 3.63) is 35.9 Å². The van der Waals surface area contributed by atoms with E-state index >= 15 is 0 Å². The Balaban J connectivity index is 0.00000400. The minimum absolute atomic E-state index is 0. The zero-order chi connectivity index (χ0) is 27.1. The quantitative estimate of drug-likeness (QED) is 0.265. The van der Waals surface area contributed by atoms with E-state index in [2.05, 4.69) is 5.32 Å². The van der Waals surface area contributed by atoms with Crippen molar-refractivity contribution in [1.29, 1.82) is 0 Å². The lowest BCUT2D eigenvalue weighted by atomic mass is 9.71. The second-order valence-electron chi connectivity index (χ2n) is 10.4. The summed E-state index contributed by atoms with van der Waals surface area (Å²) in [6.45, 7) is 3.17. The second kappa shape index (κ2) is 11.1. The van der Waals surface area contributed by atoms with Crippen LogP contribution in [0.2, 0.25) is 0 Å². The predicted molar refractivity (Wildman–Crippen MR) is 139 cm³/mol. The first-order valence-electron chi connectivity index (χ1n) is 12.1. The number of halogens is 1. The number of carbonyl (C=O) groups excluding carboxylic acids is 3. The minimum Gasteiger partial charge on any atom is -0.481 e. The fourth-order valence-electron chi connectivity index (χ4n) is 5.31. The lowest BCUT2D eigenvalue weighted by molar-refractivity contribution is -0.172. The summed E-state index contributed by atoms with van der Waals surface area (Å²) in [5.41, 5.74) is 5.30. The van der Waals surface area contributed by atoms with E-state index in [0.717, 1.165) is 0 Å². The average Bonchev–Trinajstić information content (AvgIpc) is 3.13. The molecule has 0 bridgehead atoms. The number of thioether (sulfide) groups is 1. The minimum atomic E-state index is -1.36. The van der Waals surface area contributed by atoms with Crippen LogP contribution >= 0.6 is 24.2 Å². The van der Waals surface area contributed by atoms with Crippen molar-refractivity contribution in [3.63, 3.8) is 0 Å². The van der Waals surface area contributed by atoms with Crippen molar-refractivity contribution in [2.75, 3.05) is 6.61 Å². The number of carboxylic acid groups (broad SMARTS) is 2. The molecule has 0 spiro atoms. The van der Waals surface area contributed by atoms with E-state index in [4.69, 9.17) is 10.5 Å². The van der Waals surface area contributed by atoms with Crippen LogP contribution in [0.25, 0.3) is 0 Å². The summed E-state index contributed by atoms with van der Waals surface area (Å²) >= 11 is 1.35. The lowest BCUT2D eigenvalue weighted by Crippen LogP contribution is -2.71. The van der Waals surface area contributed by atoms with Crippen LogP contribution in [0.5, 0.6) is 0 Å². The van der Waals surface area contributed by atoms with Crippen molar-refractivity contribution >= 4 is 53.9 Å². The highest BCUT2D eigenvalue weighted by Crippen LogP contribution is 2.51. The summed E-state index contributed by atoms with van der Waals surface area (Å²) in [5.74, 6) is -4.38. The molecule has 4 rings (SSSR count). The molecule has 0 radical (unpaired) electrons. The maximum Gasteiger partial charge on any atom is 0.330 e.